The molecule has 0 radical (unpaired) electrons. The Kier molecular flexibility index (Phi) is 4.23. The summed E-state index contributed by atoms with van der Waals surface area (Å²) in [6.45, 7) is 0.351. The van der Waals surface area contributed by atoms with E-state index in [1.165, 1.54) is 12.1 Å². The predicted octanol–water partition coefficient (Wildman–Crippen LogP) is 2.02. The zero-order valence-electron chi connectivity index (χ0n) is 12.3. The van der Waals surface area contributed by atoms with Crippen LogP contribution in [0.1, 0.15) is 11.1 Å². The van der Waals surface area contributed by atoms with Gasteiger partial charge in [-0.2, -0.15) is 0 Å². The lowest BCUT2D eigenvalue weighted by Gasteiger charge is -2.18. The molecule has 5 nitrogen and oxygen atoms in total. The number of carbonyl (C=O) groups is 2. The normalized spacial score (nSPS) is 12.8. The summed E-state index contributed by atoms with van der Waals surface area (Å²) in [6, 6.07) is 11.2. The summed E-state index contributed by atoms with van der Waals surface area (Å²) in [5.41, 5.74) is 2.20. The van der Waals surface area contributed by atoms with Crippen LogP contribution in [-0.4, -0.2) is 18.4 Å². The average Bonchev–Trinajstić information content (AvgIpc) is 2.54. The second-order valence-electron chi connectivity index (χ2n) is 5.25. The molecule has 0 saturated carbocycles. The molecule has 0 unspecified atom stereocenters. The van der Waals surface area contributed by atoms with Crippen LogP contribution < -0.4 is 15.4 Å². The van der Waals surface area contributed by atoms with E-state index in [2.05, 4.69) is 10.6 Å². The highest BCUT2D eigenvalue weighted by Gasteiger charge is 2.16. The number of fused-ring (bicyclic) bond motifs is 1. The molecule has 1 aliphatic rings. The quantitative estimate of drug-likeness (QED) is 0.907. The van der Waals surface area contributed by atoms with Crippen molar-refractivity contribution in [3.63, 3.8) is 0 Å². The highest BCUT2D eigenvalue weighted by Crippen LogP contribution is 2.28. The standard InChI is InChI=1S/C17H15FN2O3/c18-13-4-1-11(2-5-13)8-16(21)19-9-12-3-6-15-14(7-12)20-17(22)10-23-15/h1-7H,8-10H2,(H,19,21)(H,20,22). The number of rotatable bonds is 4. The van der Waals surface area contributed by atoms with Crippen LogP contribution in [0.25, 0.3) is 0 Å². The van der Waals surface area contributed by atoms with Crippen molar-refractivity contribution in [1.29, 1.82) is 0 Å². The SMILES string of the molecule is O=C(Cc1ccc(F)cc1)NCc1ccc2c(c1)NC(=O)CO2. The van der Waals surface area contributed by atoms with Crippen LogP contribution in [0.4, 0.5) is 10.1 Å². The van der Waals surface area contributed by atoms with Gasteiger partial charge >= 0.3 is 0 Å². The van der Waals surface area contributed by atoms with Crippen molar-refractivity contribution < 1.29 is 18.7 Å². The van der Waals surface area contributed by atoms with E-state index in [9.17, 15) is 14.0 Å². The molecule has 23 heavy (non-hydrogen) atoms. The molecule has 2 aromatic carbocycles. The Morgan fingerprint density at radius 1 is 1.17 bits per heavy atom. The summed E-state index contributed by atoms with van der Waals surface area (Å²) in [5.74, 6) is -0.0666. The van der Waals surface area contributed by atoms with Gasteiger partial charge in [0.05, 0.1) is 12.1 Å². The van der Waals surface area contributed by atoms with Gasteiger partial charge in [-0.1, -0.05) is 18.2 Å². The molecule has 1 aliphatic heterocycles. The highest BCUT2D eigenvalue weighted by atomic mass is 19.1. The van der Waals surface area contributed by atoms with Crippen molar-refractivity contribution in [3.8, 4) is 5.75 Å². The number of benzene rings is 2. The third kappa shape index (κ3) is 3.85. The van der Waals surface area contributed by atoms with Crippen molar-refractivity contribution in [3.05, 3.63) is 59.4 Å². The minimum absolute atomic E-state index is 0.0146. The van der Waals surface area contributed by atoms with Gasteiger partial charge in [-0.25, -0.2) is 4.39 Å². The maximum Gasteiger partial charge on any atom is 0.262 e. The number of hydrogen-bond acceptors (Lipinski definition) is 3. The third-order valence-electron chi connectivity index (χ3n) is 3.44. The Labute approximate surface area is 132 Å². The molecule has 2 amide bonds. The van der Waals surface area contributed by atoms with Gasteiger partial charge in [-0.05, 0) is 35.4 Å². The Bertz CT molecular complexity index is 744. The molecule has 0 fully saturated rings. The first-order valence-corrected chi connectivity index (χ1v) is 7.17. The Balaban J connectivity index is 1.57. The van der Waals surface area contributed by atoms with Crippen molar-refractivity contribution in [2.45, 2.75) is 13.0 Å². The summed E-state index contributed by atoms with van der Waals surface area (Å²) >= 11 is 0. The maximum atomic E-state index is 12.8. The summed E-state index contributed by atoms with van der Waals surface area (Å²) in [5, 5.41) is 5.51. The first-order valence-electron chi connectivity index (χ1n) is 7.17. The van der Waals surface area contributed by atoms with Crippen LogP contribution >= 0.6 is 0 Å². The lowest BCUT2D eigenvalue weighted by molar-refractivity contribution is -0.120. The molecule has 0 spiro atoms. The van der Waals surface area contributed by atoms with E-state index in [0.717, 1.165) is 11.1 Å². The van der Waals surface area contributed by atoms with Crippen LogP contribution in [0.5, 0.6) is 5.75 Å². The molecule has 6 heteroatoms. The summed E-state index contributed by atoms with van der Waals surface area (Å²) in [4.78, 5) is 23.2. The summed E-state index contributed by atoms with van der Waals surface area (Å²) < 4.78 is 18.1. The van der Waals surface area contributed by atoms with Crippen LogP contribution in [0.15, 0.2) is 42.5 Å². The molecule has 0 saturated heterocycles. The largest absolute Gasteiger partial charge is 0.482 e. The van der Waals surface area contributed by atoms with Crippen molar-refractivity contribution in [2.75, 3.05) is 11.9 Å². The van der Waals surface area contributed by atoms with Gasteiger partial charge < -0.3 is 15.4 Å². The van der Waals surface area contributed by atoms with Gasteiger partial charge in [0.15, 0.2) is 6.61 Å². The minimum atomic E-state index is -0.326. The minimum Gasteiger partial charge on any atom is -0.482 e. The van der Waals surface area contributed by atoms with E-state index in [4.69, 9.17) is 4.74 Å². The van der Waals surface area contributed by atoms with Gasteiger partial charge in [0, 0.05) is 6.54 Å². The second-order valence-corrected chi connectivity index (χ2v) is 5.25. The molecule has 1 heterocycles. The molecule has 118 valence electrons. The van der Waals surface area contributed by atoms with E-state index in [1.807, 2.05) is 6.07 Å². The number of anilines is 1. The lowest BCUT2D eigenvalue weighted by atomic mass is 10.1. The molecule has 0 aromatic heterocycles. The fourth-order valence-electron chi connectivity index (χ4n) is 2.29. The van der Waals surface area contributed by atoms with E-state index in [-0.39, 0.29) is 30.7 Å². The van der Waals surface area contributed by atoms with Crippen LogP contribution in [0.3, 0.4) is 0 Å². The van der Waals surface area contributed by atoms with E-state index >= 15 is 0 Å². The topological polar surface area (TPSA) is 67.4 Å². The second kappa shape index (κ2) is 6.48. The average molecular weight is 314 g/mol. The zero-order valence-corrected chi connectivity index (χ0v) is 12.3. The van der Waals surface area contributed by atoms with Gasteiger partial charge in [-0.15, -0.1) is 0 Å². The molecule has 2 aromatic rings. The molecule has 2 N–H and O–H groups in total. The monoisotopic (exact) mass is 314 g/mol. The van der Waals surface area contributed by atoms with Gasteiger partial charge in [0.25, 0.3) is 5.91 Å². The Morgan fingerprint density at radius 3 is 2.70 bits per heavy atom. The van der Waals surface area contributed by atoms with Crippen LogP contribution in [0, 0.1) is 5.82 Å². The number of halogens is 1. The molecule has 0 atom stereocenters. The Morgan fingerprint density at radius 2 is 1.91 bits per heavy atom. The fraction of sp³-hybridized carbons (Fsp3) is 0.176. The summed E-state index contributed by atoms with van der Waals surface area (Å²) in [6.07, 6.45) is 0.186. The molecule has 0 aliphatic carbocycles. The zero-order chi connectivity index (χ0) is 16.2. The smallest absolute Gasteiger partial charge is 0.262 e. The van der Waals surface area contributed by atoms with Gasteiger partial charge in [0.2, 0.25) is 5.91 Å². The van der Waals surface area contributed by atoms with Crippen molar-refractivity contribution >= 4 is 17.5 Å². The van der Waals surface area contributed by atoms with Gasteiger partial charge in [-0.3, -0.25) is 9.59 Å². The number of carbonyl (C=O) groups excluding carboxylic acids is 2. The molecular weight excluding hydrogens is 299 g/mol. The third-order valence-corrected chi connectivity index (χ3v) is 3.44. The number of amides is 2. The maximum absolute atomic E-state index is 12.8. The molecule has 3 rings (SSSR count). The Hall–Kier alpha value is -2.89. The van der Waals surface area contributed by atoms with Crippen molar-refractivity contribution in [1.82, 2.24) is 5.32 Å². The first kappa shape index (κ1) is 15.0. The molecule has 0 bridgehead atoms. The van der Waals surface area contributed by atoms with E-state index in [0.29, 0.717) is 18.0 Å². The van der Waals surface area contributed by atoms with Crippen molar-refractivity contribution in [2.24, 2.45) is 0 Å². The van der Waals surface area contributed by atoms with Crippen LogP contribution in [-0.2, 0) is 22.6 Å². The van der Waals surface area contributed by atoms with E-state index in [1.54, 1.807) is 24.3 Å². The van der Waals surface area contributed by atoms with E-state index < -0.39 is 0 Å². The number of nitrogens with one attached hydrogen (secondary N) is 2. The fourth-order valence-corrected chi connectivity index (χ4v) is 2.29. The molecular formula is C17H15FN2O3. The highest BCUT2D eigenvalue weighted by molar-refractivity contribution is 5.95. The van der Waals surface area contributed by atoms with Crippen LogP contribution in [0.2, 0.25) is 0 Å². The predicted molar refractivity (Wildman–Crippen MR) is 82.5 cm³/mol. The number of ether oxygens (including phenoxy) is 1. The first-order chi connectivity index (χ1) is 11.1. The lowest BCUT2D eigenvalue weighted by Crippen LogP contribution is -2.26. The number of hydrogen-bond donors (Lipinski definition) is 2. The summed E-state index contributed by atoms with van der Waals surface area (Å²) in [7, 11) is 0. The van der Waals surface area contributed by atoms with Gasteiger partial charge in [0.1, 0.15) is 11.6 Å².